The number of nitrogens with zero attached hydrogens (tertiary/aromatic N) is 1. The molecular formula is C23H43NO3. The van der Waals surface area contributed by atoms with E-state index in [-0.39, 0.29) is 45.7 Å². The van der Waals surface area contributed by atoms with Gasteiger partial charge in [-0.3, -0.25) is 9.59 Å². The van der Waals surface area contributed by atoms with Crippen molar-refractivity contribution in [1.82, 2.24) is 4.90 Å². The monoisotopic (exact) mass is 381 g/mol. The van der Waals surface area contributed by atoms with Crippen molar-refractivity contribution < 1.29 is 14.3 Å². The van der Waals surface area contributed by atoms with E-state index in [4.69, 9.17) is 4.74 Å². The van der Waals surface area contributed by atoms with Crippen molar-refractivity contribution in [1.29, 1.82) is 0 Å². The van der Waals surface area contributed by atoms with Crippen LogP contribution in [-0.2, 0) is 14.3 Å². The first-order valence-corrected chi connectivity index (χ1v) is 10.4. The van der Waals surface area contributed by atoms with Crippen LogP contribution in [-0.4, -0.2) is 35.5 Å². The fourth-order valence-corrected chi connectivity index (χ4v) is 4.85. The van der Waals surface area contributed by atoms with E-state index < -0.39 is 0 Å². The molecule has 0 saturated carbocycles. The highest BCUT2D eigenvalue weighted by Gasteiger charge is 2.55. The summed E-state index contributed by atoms with van der Waals surface area (Å²) in [6, 6.07) is 0.0630. The number of rotatable bonds is 6. The topological polar surface area (TPSA) is 46.6 Å². The predicted octanol–water partition coefficient (Wildman–Crippen LogP) is 5.44. The normalized spacial score (nSPS) is 19.2. The van der Waals surface area contributed by atoms with Crippen molar-refractivity contribution in [2.24, 2.45) is 21.7 Å². The molecule has 1 rings (SSSR count). The highest BCUT2D eigenvalue weighted by molar-refractivity contribution is 5.78. The molecule has 158 valence electrons. The third kappa shape index (κ3) is 5.48. The van der Waals surface area contributed by atoms with Crippen LogP contribution in [0, 0.1) is 21.7 Å². The van der Waals surface area contributed by atoms with E-state index in [0.717, 1.165) is 19.4 Å². The first kappa shape index (κ1) is 24.0. The van der Waals surface area contributed by atoms with Crippen LogP contribution in [0.4, 0.5) is 0 Å². The molecule has 1 aliphatic heterocycles. The van der Waals surface area contributed by atoms with Gasteiger partial charge in [-0.2, -0.15) is 0 Å². The quantitative estimate of drug-likeness (QED) is 0.575. The second kappa shape index (κ2) is 7.75. The van der Waals surface area contributed by atoms with E-state index in [2.05, 4.69) is 74.1 Å². The Morgan fingerprint density at radius 2 is 1.52 bits per heavy atom. The third-order valence-electron chi connectivity index (χ3n) is 6.50. The summed E-state index contributed by atoms with van der Waals surface area (Å²) >= 11 is 0. The summed E-state index contributed by atoms with van der Waals surface area (Å²) in [6.07, 6.45) is 2.14. The molecule has 2 unspecified atom stereocenters. The van der Waals surface area contributed by atoms with Crippen LogP contribution in [0.25, 0.3) is 0 Å². The van der Waals surface area contributed by atoms with Crippen molar-refractivity contribution in [2.45, 2.75) is 108 Å². The van der Waals surface area contributed by atoms with E-state index in [1.807, 2.05) is 0 Å². The maximum absolute atomic E-state index is 12.7. The van der Waals surface area contributed by atoms with Crippen molar-refractivity contribution in [3.8, 4) is 0 Å². The second-order valence-corrected chi connectivity index (χ2v) is 11.8. The zero-order chi connectivity index (χ0) is 21.4. The number of esters is 1. The summed E-state index contributed by atoms with van der Waals surface area (Å²) < 4.78 is 5.89. The molecule has 4 nitrogen and oxygen atoms in total. The first-order valence-electron chi connectivity index (χ1n) is 10.4. The molecule has 0 radical (unpaired) electrons. The van der Waals surface area contributed by atoms with Gasteiger partial charge in [-0.15, -0.1) is 0 Å². The van der Waals surface area contributed by atoms with Crippen molar-refractivity contribution in [3.63, 3.8) is 0 Å². The van der Waals surface area contributed by atoms with Gasteiger partial charge < -0.3 is 9.64 Å². The van der Waals surface area contributed by atoms with Gasteiger partial charge in [0.15, 0.2) is 0 Å². The van der Waals surface area contributed by atoms with Gasteiger partial charge in [-0.1, -0.05) is 69.2 Å². The number of ether oxygens (including phenoxy) is 1. The van der Waals surface area contributed by atoms with Crippen LogP contribution in [0.15, 0.2) is 0 Å². The second-order valence-electron chi connectivity index (χ2n) is 11.8. The van der Waals surface area contributed by atoms with Crippen LogP contribution < -0.4 is 0 Å². The summed E-state index contributed by atoms with van der Waals surface area (Å²) in [5, 5.41) is 0. The maximum atomic E-state index is 12.7. The lowest BCUT2D eigenvalue weighted by Crippen LogP contribution is -2.61. The summed E-state index contributed by atoms with van der Waals surface area (Å²) in [4.78, 5) is 26.6. The average molecular weight is 382 g/mol. The fourth-order valence-electron chi connectivity index (χ4n) is 4.85. The minimum Gasteiger partial charge on any atom is -0.462 e. The Morgan fingerprint density at radius 3 is 1.85 bits per heavy atom. The zero-order valence-electron chi connectivity index (χ0n) is 19.7. The van der Waals surface area contributed by atoms with Gasteiger partial charge in [0, 0.05) is 31.3 Å². The average Bonchev–Trinajstić information content (AvgIpc) is 2.79. The molecule has 0 aliphatic carbocycles. The molecule has 2 atom stereocenters. The fraction of sp³-hybridized carbons (Fsp3) is 0.913. The number of likely N-dealkylation sites (tertiary alicyclic amines) is 1. The van der Waals surface area contributed by atoms with Gasteiger partial charge in [0.25, 0.3) is 0 Å². The SMILES string of the molecule is CC(=O)OC(CC(C)(C)C)C(C)(C)C(C)(C)C(N1CCCC1=O)C(C)(C)C. The zero-order valence-corrected chi connectivity index (χ0v) is 19.7. The van der Waals surface area contributed by atoms with E-state index in [0.29, 0.717) is 6.42 Å². The number of hydrogen-bond acceptors (Lipinski definition) is 3. The molecule has 0 aromatic heterocycles. The molecule has 27 heavy (non-hydrogen) atoms. The van der Waals surface area contributed by atoms with E-state index in [9.17, 15) is 9.59 Å². The Morgan fingerprint density at radius 1 is 1.00 bits per heavy atom. The highest BCUT2D eigenvalue weighted by Crippen LogP contribution is 2.53. The summed E-state index contributed by atoms with van der Waals surface area (Å²) in [5.74, 6) is 0.0105. The van der Waals surface area contributed by atoms with Crippen molar-refractivity contribution >= 4 is 11.9 Å². The molecule has 0 aromatic rings. The van der Waals surface area contributed by atoms with Gasteiger partial charge in [0.1, 0.15) is 6.10 Å². The standard InChI is InChI=1S/C23H43NO3/c1-16(25)27-17(15-20(2,3)4)22(8,9)23(10,11)19(21(5,6)7)24-14-12-13-18(24)26/h17,19H,12-15H2,1-11H3. The van der Waals surface area contributed by atoms with Gasteiger partial charge in [0.2, 0.25) is 5.91 Å². The Bertz CT molecular complexity index is 549. The van der Waals surface area contributed by atoms with Gasteiger partial charge in [-0.05, 0) is 29.1 Å². The Balaban J connectivity index is 3.41. The Labute approximate surface area is 167 Å². The van der Waals surface area contributed by atoms with Crippen LogP contribution in [0.1, 0.15) is 95.4 Å². The number of hydrogen-bond donors (Lipinski definition) is 0. The van der Waals surface area contributed by atoms with Gasteiger partial charge in [0.05, 0.1) is 0 Å². The molecule has 4 heteroatoms. The molecule has 0 spiro atoms. The minimum atomic E-state index is -0.313. The van der Waals surface area contributed by atoms with E-state index in [1.165, 1.54) is 6.92 Å². The first-order chi connectivity index (χ1) is 11.9. The highest BCUT2D eigenvalue weighted by atomic mass is 16.5. The number of amides is 1. The number of carbonyl (C=O) groups excluding carboxylic acids is 2. The predicted molar refractivity (Wildman–Crippen MR) is 111 cm³/mol. The lowest BCUT2D eigenvalue weighted by Gasteiger charge is -2.57. The van der Waals surface area contributed by atoms with Crippen LogP contribution >= 0.6 is 0 Å². The lowest BCUT2D eigenvalue weighted by molar-refractivity contribution is -0.172. The molecule has 1 aliphatic rings. The minimum absolute atomic E-state index is 0.0359. The van der Waals surface area contributed by atoms with Gasteiger partial charge >= 0.3 is 5.97 Å². The number of carbonyl (C=O) groups is 2. The third-order valence-corrected chi connectivity index (χ3v) is 6.50. The Hall–Kier alpha value is -1.06. The van der Waals surface area contributed by atoms with Crippen LogP contribution in [0.5, 0.6) is 0 Å². The molecule has 1 heterocycles. The van der Waals surface area contributed by atoms with Crippen molar-refractivity contribution in [3.05, 3.63) is 0 Å². The van der Waals surface area contributed by atoms with E-state index >= 15 is 0 Å². The lowest BCUT2D eigenvalue weighted by atomic mass is 9.54. The largest absolute Gasteiger partial charge is 0.462 e. The molecule has 1 amide bonds. The Kier molecular flexibility index (Phi) is 6.88. The maximum Gasteiger partial charge on any atom is 0.302 e. The molecule has 0 N–H and O–H groups in total. The smallest absolute Gasteiger partial charge is 0.302 e. The summed E-state index contributed by atoms with van der Waals surface area (Å²) in [6.45, 7) is 24.4. The molecule has 1 saturated heterocycles. The van der Waals surface area contributed by atoms with Crippen molar-refractivity contribution in [2.75, 3.05) is 6.54 Å². The van der Waals surface area contributed by atoms with Crippen LogP contribution in [0.3, 0.4) is 0 Å². The molecular weight excluding hydrogens is 338 g/mol. The van der Waals surface area contributed by atoms with Crippen LogP contribution in [0.2, 0.25) is 0 Å². The molecule has 0 aromatic carbocycles. The molecule has 1 fully saturated rings. The van der Waals surface area contributed by atoms with Gasteiger partial charge in [-0.25, -0.2) is 0 Å². The summed E-state index contributed by atoms with van der Waals surface area (Å²) in [7, 11) is 0. The summed E-state index contributed by atoms with van der Waals surface area (Å²) in [5.41, 5.74) is -0.610. The molecule has 0 bridgehead atoms. The van der Waals surface area contributed by atoms with E-state index in [1.54, 1.807) is 0 Å².